The fraction of sp³-hybridized carbons (Fsp3) is 0.432. The summed E-state index contributed by atoms with van der Waals surface area (Å²) in [6.07, 6.45) is 3.27. The monoisotopic (exact) mass is 756 g/mol. The molecule has 2 aromatic carbocycles. The number of piperazine rings is 1. The summed E-state index contributed by atoms with van der Waals surface area (Å²) >= 11 is 12.3. The van der Waals surface area contributed by atoms with Crippen LogP contribution in [-0.4, -0.2) is 89.4 Å². The Balaban J connectivity index is 1.47. The Morgan fingerprint density at radius 1 is 0.865 bits per heavy atom. The number of nitrogens with one attached hydrogen (secondary N) is 3. The SMILES string of the molecule is CC(C)(C)OC(=O)NCCCC[C@H](NC(=O)[C@H](Cc1cc(Cl)c(O)c(Cl)c1)NC(=O)OCc1ccccc1)C(=O)N1CCN(c2ccncc2)CC1. The van der Waals surface area contributed by atoms with Gasteiger partial charge in [0.1, 0.15) is 24.3 Å². The zero-order chi connectivity index (χ0) is 37.7. The van der Waals surface area contributed by atoms with Crippen LogP contribution in [-0.2, 0) is 32.1 Å². The van der Waals surface area contributed by atoms with Gasteiger partial charge in [0.15, 0.2) is 5.75 Å². The highest BCUT2D eigenvalue weighted by Crippen LogP contribution is 2.33. The lowest BCUT2D eigenvalue weighted by Gasteiger charge is -2.37. The highest BCUT2D eigenvalue weighted by atomic mass is 35.5. The van der Waals surface area contributed by atoms with Crippen molar-refractivity contribution in [3.8, 4) is 5.75 Å². The maximum Gasteiger partial charge on any atom is 0.408 e. The molecule has 1 fully saturated rings. The van der Waals surface area contributed by atoms with E-state index in [9.17, 15) is 24.3 Å². The second-order valence-corrected chi connectivity index (χ2v) is 14.2. The van der Waals surface area contributed by atoms with Gasteiger partial charge in [0.05, 0.1) is 10.0 Å². The van der Waals surface area contributed by atoms with Crippen LogP contribution in [0.1, 0.15) is 51.2 Å². The van der Waals surface area contributed by atoms with Crippen LogP contribution < -0.4 is 20.9 Å². The third kappa shape index (κ3) is 12.8. The molecule has 1 aliphatic rings. The summed E-state index contributed by atoms with van der Waals surface area (Å²) in [4.78, 5) is 61.0. The first kappa shape index (κ1) is 40.0. The van der Waals surface area contributed by atoms with Crippen molar-refractivity contribution in [3.63, 3.8) is 0 Å². The van der Waals surface area contributed by atoms with E-state index in [0.717, 1.165) is 11.3 Å². The van der Waals surface area contributed by atoms with Crippen LogP contribution in [0.5, 0.6) is 5.75 Å². The van der Waals surface area contributed by atoms with Crippen molar-refractivity contribution in [1.82, 2.24) is 25.8 Å². The molecule has 4 rings (SSSR count). The van der Waals surface area contributed by atoms with Crippen molar-refractivity contribution in [2.24, 2.45) is 0 Å². The number of carbonyl (C=O) groups is 4. The van der Waals surface area contributed by atoms with E-state index < -0.39 is 35.8 Å². The molecule has 13 nitrogen and oxygen atoms in total. The van der Waals surface area contributed by atoms with Crippen molar-refractivity contribution in [2.45, 2.75) is 70.7 Å². The Bertz CT molecular complexity index is 1630. The predicted molar refractivity (Wildman–Crippen MR) is 198 cm³/mol. The standard InChI is InChI=1S/C37H46Cl2N6O7/c1-37(2,3)52-35(49)41-14-8-7-11-30(34(48)45-19-17-44(18-20-45)27-12-15-40-16-13-27)42-33(47)31(23-26-21-28(38)32(46)29(39)22-26)43-36(50)51-24-25-9-5-4-6-10-25/h4-6,9-10,12-13,15-16,21-22,30-31,46H,7-8,11,14,17-20,23-24H2,1-3H3,(H,41,49)(H,42,47)(H,43,50)/t30-,31-/m0/s1. The molecule has 3 aromatic rings. The first-order valence-electron chi connectivity index (χ1n) is 17.1. The second-order valence-electron chi connectivity index (χ2n) is 13.4. The largest absolute Gasteiger partial charge is 0.505 e. The Morgan fingerprint density at radius 3 is 2.15 bits per heavy atom. The lowest BCUT2D eigenvalue weighted by atomic mass is 10.0. The molecule has 280 valence electrons. The molecule has 0 radical (unpaired) electrons. The molecule has 15 heteroatoms. The number of aromatic nitrogens is 1. The quantitative estimate of drug-likeness (QED) is 0.157. The molecule has 1 aliphatic heterocycles. The zero-order valence-corrected chi connectivity index (χ0v) is 31.1. The molecule has 4 amide bonds. The van der Waals surface area contributed by atoms with Crippen LogP contribution in [0, 0.1) is 0 Å². The van der Waals surface area contributed by atoms with Gasteiger partial charge in [0.2, 0.25) is 11.8 Å². The molecule has 0 saturated carbocycles. The molecule has 1 aromatic heterocycles. The smallest absolute Gasteiger partial charge is 0.408 e. The van der Waals surface area contributed by atoms with Crippen LogP contribution in [0.25, 0.3) is 0 Å². The minimum atomic E-state index is -1.20. The van der Waals surface area contributed by atoms with Crippen molar-refractivity contribution >= 4 is 52.9 Å². The number of ether oxygens (including phenoxy) is 2. The number of anilines is 1. The van der Waals surface area contributed by atoms with Gasteiger partial charge in [0, 0.05) is 57.2 Å². The van der Waals surface area contributed by atoms with Crippen LogP contribution >= 0.6 is 23.2 Å². The third-order valence-corrected chi connectivity index (χ3v) is 8.74. The number of pyridine rings is 1. The van der Waals surface area contributed by atoms with Gasteiger partial charge in [0.25, 0.3) is 0 Å². The number of rotatable bonds is 14. The van der Waals surface area contributed by atoms with E-state index in [1.807, 2.05) is 30.3 Å². The van der Waals surface area contributed by atoms with Crippen molar-refractivity contribution in [3.05, 3.63) is 88.2 Å². The molecule has 0 aliphatic carbocycles. The molecule has 2 heterocycles. The van der Waals surface area contributed by atoms with Crippen molar-refractivity contribution < 1.29 is 33.8 Å². The summed E-state index contributed by atoms with van der Waals surface area (Å²) in [6.45, 7) is 7.67. The zero-order valence-electron chi connectivity index (χ0n) is 29.6. The second kappa shape index (κ2) is 19.2. The number of hydrogen-bond donors (Lipinski definition) is 4. The van der Waals surface area contributed by atoms with Crippen molar-refractivity contribution in [1.29, 1.82) is 0 Å². The molecule has 1 saturated heterocycles. The number of amides is 4. The lowest BCUT2D eigenvalue weighted by molar-refractivity contribution is -0.137. The maximum atomic E-state index is 14.0. The fourth-order valence-electron chi connectivity index (χ4n) is 5.56. The number of carbonyl (C=O) groups excluding carboxylic acids is 4. The Hall–Kier alpha value is -4.75. The van der Waals surface area contributed by atoms with Crippen molar-refractivity contribution in [2.75, 3.05) is 37.6 Å². The summed E-state index contributed by atoms with van der Waals surface area (Å²) in [6, 6.07) is 13.7. The van der Waals surface area contributed by atoms with Crippen LogP contribution in [0.2, 0.25) is 10.0 Å². The number of unbranched alkanes of at least 4 members (excludes halogenated alkanes) is 1. The number of nitrogens with zero attached hydrogens (tertiary/aromatic N) is 3. The van der Waals surface area contributed by atoms with E-state index >= 15 is 0 Å². The number of halogens is 2. The highest BCUT2D eigenvalue weighted by Gasteiger charge is 2.32. The Labute approximate surface area is 314 Å². The highest BCUT2D eigenvalue weighted by molar-refractivity contribution is 6.37. The fourth-order valence-corrected chi connectivity index (χ4v) is 6.09. The van der Waals surface area contributed by atoms with Gasteiger partial charge < -0.3 is 40.3 Å². The number of phenolic OH excluding ortho intramolecular Hbond substituents is 1. The number of alkyl carbamates (subject to hydrolysis) is 2. The first-order chi connectivity index (χ1) is 24.8. The van der Waals surface area contributed by atoms with Gasteiger partial charge in [-0.05, 0) is 75.4 Å². The van der Waals surface area contributed by atoms with Gasteiger partial charge in [-0.1, -0.05) is 53.5 Å². The normalized spacial score (nSPS) is 14.2. The topological polar surface area (TPSA) is 162 Å². The van der Waals surface area contributed by atoms with Gasteiger partial charge in [-0.2, -0.15) is 0 Å². The van der Waals surface area contributed by atoms with Gasteiger partial charge >= 0.3 is 12.2 Å². The van der Waals surface area contributed by atoms with Crippen LogP contribution in [0.3, 0.4) is 0 Å². The molecular weight excluding hydrogens is 711 g/mol. The average molecular weight is 758 g/mol. The molecule has 4 N–H and O–H groups in total. The summed E-state index contributed by atoms with van der Waals surface area (Å²) in [5.74, 6) is -1.19. The summed E-state index contributed by atoms with van der Waals surface area (Å²) in [5.41, 5.74) is 1.58. The maximum absolute atomic E-state index is 14.0. The van der Waals surface area contributed by atoms with E-state index in [2.05, 4.69) is 25.8 Å². The molecule has 52 heavy (non-hydrogen) atoms. The summed E-state index contributed by atoms with van der Waals surface area (Å²) < 4.78 is 10.7. The Kier molecular flexibility index (Phi) is 14.8. The Morgan fingerprint density at radius 2 is 1.52 bits per heavy atom. The first-order valence-corrected chi connectivity index (χ1v) is 17.9. The average Bonchev–Trinajstić information content (AvgIpc) is 3.11. The van der Waals surface area contributed by atoms with E-state index in [1.54, 1.807) is 50.2 Å². The number of phenols is 1. The molecule has 2 atom stereocenters. The summed E-state index contributed by atoms with van der Waals surface area (Å²) in [5, 5.41) is 18.2. The number of aromatic hydroxyl groups is 1. The third-order valence-electron chi connectivity index (χ3n) is 8.16. The molecule has 0 unspecified atom stereocenters. The minimum absolute atomic E-state index is 0.0211. The van der Waals surface area contributed by atoms with Crippen LogP contribution in [0.4, 0.5) is 15.3 Å². The van der Waals surface area contributed by atoms with Gasteiger partial charge in [-0.3, -0.25) is 14.6 Å². The van der Waals surface area contributed by atoms with Crippen LogP contribution in [0.15, 0.2) is 67.0 Å². The number of hydrogen-bond acceptors (Lipinski definition) is 9. The summed E-state index contributed by atoms with van der Waals surface area (Å²) in [7, 11) is 0. The predicted octanol–water partition coefficient (Wildman–Crippen LogP) is 5.46. The van der Waals surface area contributed by atoms with E-state index in [1.165, 1.54) is 12.1 Å². The lowest BCUT2D eigenvalue weighted by Crippen LogP contribution is -2.57. The van der Waals surface area contributed by atoms with Gasteiger partial charge in [-0.15, -0.1) is 0 Å². The molecule has 0 bridgehead atoms. The minimum Gasteiger partial charge on any atom is -0.505 e. The molecule has 0 spiro atoms. The van der Waals surface area contributed by atoms with E-state index in [4.69, 9.17) is 32.7 Å². The van der Waals surface area contributed by atoms with E-state index in [0.29, 0.717) is 51.1 Å². The van der Waals surface area contributed by atoms with E-state index in [-0.39, 0.29) is 41.2 Å². The van der Waals surface area contributed by atoms with Gasteiger partial charge in [-0.25, -0.2) is 9.59 Å². The number of benzene rings is 2. The molecular formula is C37H46Cl2N6O7.